The number of carbonyl (C=O) groups excluding carboxylic acids is 1. The van der Waals surface area contributed by atoms with E-state index in [9.17, 15) is 4.79 Å². The van der Waals surface area contributed by atoms with E-state index in [0.29, 0.717) is 18.9 Å². The molecule has 0 atom stereocenters. The Kier molecular flexibility index (Phi) is 24.0. The number of carbonyl (C=O) groups is 1. The molecule has 25 heavy (non-hydrogen) atoms. The molecule has 3 heteroatoms. The van der Waals surface area contributed by atoms with Crippen molar-refractivity contribution in [2.24, 2.45) is 5.92 Å². The quantitative estimate of drug-likeness (QED) is 0.162. The molecular weight excluding hydrogens is 323 g/mol. The summed E-state index contributed by atoms with van der Waals surface area (Å²) in [5.74, 6) is 0.424. The fourth-order valence-corrected chi connectivity index (χ4v) is 2.97. The van der Waals surface area contributed by atoms with Crippen LogP contribution in [0.15, 0.2) is 0 Å². The first-order valence-electron chi connectivity index (χ1n) is 10.8. The molecule has 0 aliphatic carbocycles. The molecule has 0 aromatic carbocycles. The standard InChI is InChI=1S/C22H44O2.Al.3H/c1-4-5-6-7-8-9-10-11-12-13-14-15-16-17-18-19-22(23)24-20-21(2)3;;;;/h21H,4-20H2,1-3H3;;;;. The van der Waals surface area contributed by atoms with Crippen LogP contribution in [-0.2, 0) is 9.53 Å². The van der Waals surface area contributed by atoms with Gasteiger partial charge < -0.3 is 4.74 Å². The van der Waals surface area contributed by atoms with Crippen molar-refractivity contribution in [1.82, 2.24) is 0 Å². The number of unbranched alkanes of at least 4 members (excludes halogenated alkanes) is 14. The van der Waals surface area contributed by atoms with Crippen LogP contribution in [0, 0.1) is 5.92 Å². The summed E-state index contributed by atoms with van der Waals surface area (Å²) in [7, 11) is 0. The van der Waals surface area contributed by atoms with Crippen LogP contribution in [0.2, 0.25) is 0 Å². The van der Waals surface area contributed by atoms with E-state index >= 15 is 0 Å². The lowest BCUT2D eigenvalue weighted by Gasteiger charge is -2.07. The van der Waals surface area contributed by atoms with Gasteiger partial charge in [0.15, 0.2) is 17.4 Å². The molecule has 0 aliphatic heterocycles. The molecule has 0 aromatic heterocycles. The number of ether oxygens (including phenoxy) is 1. The van der Waals surface area contributed by atoms with Gasteiger partial charge in [-0.2, -0.15) is 0 Å². The summed E-state index contributed by atoms with van der Waals surface area (Å²) in [6, 6.07) is 0. The normalized spacial score (nSPS) is 10.7. The second kappa shape index (κ2) is 22.0. The number of rotatable bonds is 18. The predicted octanol–water partition coefficient (Wildman–Crippen LogP) is 6.26. The molecule has 0 N–H and O–H groups in total. The number of esters is 1. The van der Waals surface area contributed by atoms with Crippen molar-refractivity contribution in [3.05, 3.63) is 0 Å². The fourth-order valence-electron chi connectivity index (χ4n) is 2.97. The Morgan fingerprint density at radius 1 is 0.680 bits per heavy atom. The van der Waals surface area contributed by atoms with E-state index in [1.54, 1.807) is 0 Å². The van der Waals surface area contributed by atoms with Crippen LogP contribution in [0.1, 0.15) is 124 Å². The Morgan fingerprint density at radius 3 is 1.40 bits per heavy atom. The minimum atomic E-state index is -0.0154. The van der Waals surface area contributed by atoms with Crippen LogP contribution in [0.5, 0.6) is 0 Å². The van der Waals surface area contributed by atoms with Crippen molar-refractivity contribution in [2.45, 2.75) is 124 Å². The molecule has 0 aliphatic rings. The zero-order chi connectivity index (χ0) is 17.9. The largest absolute Gasteiger partial charge is 0.465 e. The Balaban J connectivity index is 0. The Hall–Kier alpha value is 0.00247. The van der Waals surface area contributed by atoms with Gasteiger partial charge in [0.25, 0.3) is 0 Å². The number of hydrogen-bond acceptors (Lipinski definition) is 2. The maximum atomic E-state index is 11.5. The summed E-state index contributed by atoms with van der Waals surface area (Å²) >= 11 is 0. The predicted molar refractivity (Wildman–Crippen MR) is 115 cm³/mol. The average molecular weight is 371 g/mol. The number of hydrogen-bond donors (Lipinski definition) is 0. The lowest BCUT2D eigenvalue weighted by molar-refractivity contribution is -0.144. The van der Waals surface area contributed by atoms with Gasteiger partial charge in [0, 0.05) is 6.42 Å². The van der Waals surface area contributed by atoms with E-state index in [1.807, 2.05) is 0 Å². The lowest BCUT2D eigenvalue weighted by Crippen LogP contribution is -2.09. The van der Waals surface area contributed by atoms with E-state index < -0.39 is 0 Å². The summed E-state index contributed by atoms with van der Waals surface area (Å²) in [5.41, 5.74) is 0. The highest BCUT2D eigenvalue weighted by molar-refractivity contribution is 5.75. The van der Waals surface area contributed by atoms with E-state index in [0.717, 1.165) is 6.42 Å². The Labute approximate surface area is 169 Å². The molecule has 0 saturated heterocycles. The zero-order valence-corrected chi connectivity index (χ0v) is 16.9. The van der Waals surface area contributed by atoms with Crippen molar-refractivity contribution >= 4 is 23.3 Å². The summed E-state index contributed by atoms with van der Waals surface area (Å²) in [5, 5.41) is 0. The van der Waals surface area contributed by atoms with Gasteiger partial charge >= 0.3 is 5.97 Å². The molecule has 0 heterocycles. The third kappa shape index (κ3) is 24.0. The summed E-state index contributed by atoms with van der Waals surface area (Å²) in [6.45, 7) is 6.99. The van der Waals surface area contributed by atoms with Crippen LogP contribution in [0.25, 0.3) is 0 Å². The molecule has 0 spiro atoms. The highest BCUT2D eigenvalue weighted by Gasteiger charge is 2.03. The third-order valence-corrected chi connectivity index (χ3v) is 4.56. The smallest absolute Gasteiger partial charge is 0.305 e. The van der Waals surface area contributed by atoms with Crippen molar-refractivity contribution in [2.75, 3.05) is 6.61 Å². The SMILES string of the molecule is CCCCCCCCCCCCCCCCCC(=O)OCC(C)C.[AlH3]. The second-order valence-corrected chi connectivity index (χ2v) is 7.78. The first-order valence-corrected chi connectivity index (χ1v) is 10.8. The topological polar surface area (TPSA) is 26.3 Å². The molecule has 0 aromatic rings. The highest BCUT2D eigenvalue weighted by atomic mass is 27.0. The maximum absolute atomic E-state index is 11.5. The van der Waals surface area contributed by atoms with Crippen molar-refractivity contribution in [3.8, 4) is 0 Å². The van der Waals surface area contributed by atoms with E-state index in [-0.39, 0.29) is 23.3 Å². The molecule has 0 unspecified atom stereocenters. The van der Waals surface area contributed by atoms with Crippen molar-refractivity contribution in [1.29, 1.82) is 0 Å². The van der Waals surface area contributed by atoms with Gasteiger partial charge in [0.05, 0.1) is 6.61 Å². The molecule has 150 valence electrons. The Morgan fingerprint density at radius 2 is 1.04 bits per heavy atom. The molecule has 0 saturated carbocycles. The van der Waals surface area contributed by atoms with Crippen molar-refractivity contribution in [3.63, 3.8) is 0 Å². The molecular formula is C22H47AlO2. The van der Waals surface area contributed by atoms with Crippen LogP contribution in [-0.4, -0.2) is 29.9 Å². The maximum Gasteiger partial charge on any atom is 0.305 e. The first kappa shape index (κ1) is 27.2. The van der Waals surface area contributed by atoms with E-state index in [4.69, 9.17) is 4.74 Å². The summed E-state index contributed by atoms with van der Waals surface area (Å²) < 4.78 is 5.18. The molecule has 0 amide bonds. The molecule has 0 fully saturated rings. The highest BCUT2D eigenvalue weighted by Crippen LogP contribution is 2.13. The van der Waals surface area contributed by atoms with Gasteiger partial charge in [0.2, 0.25) is 0 Å². The lowest BCUT2D eigenvalue weighted by atomic mass is 10.0. The second-order valence-electron chi connectivity index (χ2n) is 7.78. The van der Waals surface area contributed by atoms with Gasteiger partial charge in [0.1, 0.15) is 0 Å². The summed E-state index contributed by atoms with van der Waals surface area (Å²) in [4.78, 5) is 11.5. The summed E-state index contributed by atoms with van der Waals surface area (Å²) in [6.07, 6.45) is 20.9. The monoisotopic (exact) mass is 370 g/mol. The van der Waals surface area contributed by atoms with Crippen LogP contribution in [0.3, 0.4) is 0 Å². The zero-order valence-electron chi connectivity index (χ0n) is 16.9. The van der Waals surface area contributed by atoms with Gasteiger partial charge in [-0.15, -0.1) is 0 Å². The van der Waals surface area contributed by atoms with E-state index in [1.165, 1.54) is 89.9 Å². The van der Waals surface area contributed by atoms with Crippen molar-refractivity contribution < 1.29 is 9.53 Å². The fraction of sp³-hybridized carbons (Fsp3) is 0.955. The molecule has 0 radical (unpaired) electrons. The van der Waals surface area contributed by atoms with Gasteiger partial charge in [-0.1, -0.05) is 111 Å². The van der Waals surface area contributed by atoms with Gasteiger partial charge in [-0.05, 0) is 12.3 Å². The van der Waals surface area contributed by atoms with Gasteiger partial charge in [-0.3, -0.25) is 4.79 Å². The average Bonchev–Trinajstić information content (AvgIpc) is 2.56. The third-order valence-electron chi connectivity index (χ3n) is 4.56. The molecule has 0 bridgehead atoms. The van der Waals surface area contributed by atoms with Gasteiger partial charge in [-0.25, -0.2) is 0 Å². The minimum absolute atomic E-state index is 0. The van der Waals surface area contributed by atoms with E-state index in [2.05, 4.69) is 20.8 Å². The van der Waals surface area contributed by atoms with Crippen LogP contribution < -0.4 is 0 Å². The van der Waals surface area contributed by atoms with Crippen LogP contribution in [0.4, 0.5) is 0 Å². The first-order chi connectivity index (χ1) is 11.7. The molecule has 0 rings (SSSR count). The molecule has 2 nitrogen and oxygen atoms in total. The Bertz CT molecular complexity index is 267. The minimum Gasteiger partial charge on any atom is -0.465 e. The van der Waals surface area contributed by atoms with Crippen LogP contribution >= 0.6 is 0 Å².